The van der Waals surface area contributed by atoms with E-state index in [0.29, 0.717) is 5.69 Å². The number of Topliss-reactive ketones (excluding diaryl/α,β-unsaturated/α-hetero) is 1. The third-order valence-electron chi connectivity index (χ3n) is 1.53. The van der Waals surface area contributed by atoms with E-state index < -0.39 is 0 Å². The van der Waals surface area contributed by atoms with Crippen molar-refractivity contribution in [2.45, 2.75) is 6.92 Å². The molecule has 0 spiro atoms. The minimum absolute atomic E-state index is 0.181. The lowest BCUT2D eigenvalue weighted by Crippen LogP contribution is -2.12. The normalized spacial score (nSPS) is 9.42. The van der Waals surface area contributed by atoms with Gasteiger partial charge in [-0.15, -0.1) is 0 Å². The highest BCUT2D eigenvalue weighted by Gasteiger charge is 2.03. The zero-order valence-electron chi connectivity index (χ0n) is 6.76. The molecule has 1 heterocycles. The van der Waals surface area contributed by atoms with Gasteiger partial charge in [0, 0.05) is 18.0 Å². The lowest BCUT2D eigenvalue weighted by atomic mass is 10.2. The van der Waals surface area contributed by atoms with Gasteiger partial charge in [0.1, 0.15) is 0 Å². The highest BCUT2D eigenvalue weighted by atomic mass is 16.1. The number of hydrogen-bond acceptors (Lipinski definition) is 2. The Labute approximate surface area is 69.7 Å². The Balaban J connectivity index is 3.30. The number of H-pyrrole nitrogens is 1. The molecule has 0 aromatic carbocycles. The first-order valence-electron chi connectivity index (χ1n) is 3.51. The van der Waals surface area contributed by atoms with Crippen molar-refractivity contribution in [1.29, 1.82) is 0 Å². The number of aromatic nitrogens is 1. The average Bonchev–Trinajstić information content (AvgIpc) is 2.03. The molecule has 1 aromatic heterocycles. The molecule has 0 aliphatic heterocycles. The van der Waals surface area contributed by atoms with E-state index in [2.05, 4.69) is 11.6 Å². The number of rotatable bonds is 2. The molecule has 0 radical (unpaired) electrons. The van der Waals surface area contributed by atoms with Gasteiger partial charge in [-0.1, -0.05) is 6.58 Å². The van der Waals surface area contributed by atoms with Crippen LogP contribution in [0, 0.1) is 0 Å². The number of hydrogen-bond donors (Lipinski definition) is 1. The maximum Gasteiger partial charge on any atom is 0.192 e. The van der Waals surface area contributed by atoms with Crippen LogP contribution in [-0.4, -0.2) is 10.8 Å². The minimum atomic E-state index is -0.267. The lowest BCUT2D eigenvalue weighted by molar-refractivity contribution is 0.101. The van der Waals surface area contributed by atoms with Crippen molar-refractivity contribution in [3.05, 3.63) is 40.3 Å². The summed E-state index contributed by atoms with van der Waals surface area (Å²) in [5.41, 5.74) is 0.529. The number of aromatic amines is 1. The number of nitrogens with one attached hydrogen (secondary N) is 1. The summed E-state index contributed by atoms with van der Waals surface area (Å²) in [5, 5.41) is 0. The fourth-order valence-corrected chi connectivity index (χ4v) is 0.880. The van der Waals surface area contributed by atoms with Gasteiger partial charge in [0.2, 0.25) is 0 Å². The SMILES string of the molecule is C=Cc1cc(=O)c(C(C)=O)c[nH]1. The van der Waals surface area contributed by atoms with Gasteiger partial charge in [0.05, 0.1) is 5.56 Å². The molecule has 0 aliphatic rings. The van der Waals surface area contributed by atoms with Crippen molar-refractivity contribution in [2.75, 3.05) is 0 Å². The Morgan fingerprint density at radius 2 is 2.33 bits per heavy atom. The molecule has 0 aliphatic carbocycles. The van der Waals surface area contributed by atoms with Gasteiger partial charge in [-0.05, 0) is 13.0 Å². The molecule has 3 nitrogen and oxygen atoms in total. The Bertz CT molecular complexity index is 376. The second kappa shape index (κ2) is 3.17. The zero-order chi connectivity index (χ0) is 9.14. The van der Waals surface area contributed by atoms with Gasteiger partial charge in [-0.3, -0.25) is 9.59 Å². The molecule has 1 rings (SSSR count). The summed E-state index contributed by atoms with van der Waals surface area (Å²) < 4.78 is 0. The van der Waals surface area contributed by atoms with Crippen molar-refractivity contribution in [1.82, 2.24) is 4.98 Å². The summed E-state index contributed by atoms with van der Waals surface area (Å²) in [6.45, 7) is 4.85. The Morgan fingerprint density at radius 3 is 2.75 bits per heavy atom. The maximum atomic E-state index is 11.2. The largest absolute Gasteiger partial charge is 0.361 e. The Kier molecular flexibility index (Phi) is 2.24. The highest BCUT2D eigenvalue weighted by Crippen LogP contribution is 1.95. The van der Waals surface area contributed by atoms with E-state index in [4.69, 9.17) is 0 Å². The van der Waals surface area contributed by atoms with Gasteiger partial charge in [-0.25, -0.2) is 0 Å². The zero-order valence-corrected chi connectivity index (χ0v) is 6.76. The molecule has 62 valence electrons. The topological polar surface area (TPSA) is 49.9 Å². The van der Waals surface area contributed by atoms with Gasteiger partial charge in [0.25, 0.3) is 0 Å². The van der Waals surface area contributed by atoms with Crippen LogP contribution in [0.15, 0.2) is 23.6 Å². The average molecular weight is 163 g/mol. The smallest absolute Gasteiger partial charge is 0.192 e. The second-order valence-corrected chi connectivity index (χ2v) is 2.43. The molecule has 0 unspecified atom stereocenters. The summed E-state index contributed by atoms with van der Waals surface area (Å²) in [6, 6.07) is 1.35. The monoisotopic (exact) mass is 163 g/mol. The number of carbonyl (C=O) groups excluding carboxylic acids is 1. The molecule has 0 saturated carbocycles. The molecule has 0 amide bonds. The molecule has 0 bridgehead atoms. The van der Waals surface area contributed by atoms with Crippen LogP contribution in [0.2, 0.25) is 0 Å². The highest BCUT2D eigenvalue weighted by molar-refractivity contribution is 5.93. The van der Waals surface area contributed by atoms with Gasteiger partial charge in [0.15, 0.2) is 11.2 Å². The van der Waals surface area contributed by atoms with Crippen LogP contribution < -0.4 is 5.43 Å². The first kappa shape index (κ1) is 8.46. The van der Waals surface area contributed by atoms with Crippen LogP contribution in [0.1, 0.15) is 23.0 Å². The first-order chi connectivity index (χ1) is 5.65. The molecule has 12 heavy (non-hydrogen) atoms. The molecular weight excluding hydrogens is 154 g/mol. The predicted molar refractivity (Wildman–Crippen MR) is 47.2 cm³/mol. The fourth-order valence-electron chi connectivity index (χ4n) is 0.880. The summed E-state index contributed by atoms with van der Waals surface area (Å²) in [5.74, 6) is -0.230. The lowest BCUT2D eigenvalue weighted by Gasteiger charge is -1.95. The molecule has 1 N–H and O–H groups in total. The van der Waals surface area contributed by atoms with Crippen molar-refractivity contribution in [3.8, 4) is 0 Å². The third kappa shape index (κ3) is 1.50. The minimum Gasteiger partial charge on any atom is -0.361 e. The second-order valence-electron chi connectivity index (χ2n) is 2.43. The third-order valence-corrected chi connectivity index (χ3v) is 1.53. The summed E-state index contributed by atoms with van der Waals surface area (Å²) >= 11 is 0. The van der Waals surface area contributed by atoms with E-state index in [1.165, 1.54) is 25.3 Å². The van der Waals surface area contributed by atoms with Crippen molar-refractivity contribution >= 4 is 11.9 Å². The van der Waals surface area contributed by atoms with E-state index in [9.17, 15) is 9.59 Å². The maximum absolute atomic E-state index is 11.2. The molecule has 0 saturated heterocycles. The molecular formula is C9H9NO2. The number of carbonyl (C=O) groups is 1. The van der Waals surface area contributed by atoms with Crippen LogP contribution in [0.3, 0.4) is 0 Å². The van der Waals surface area contributed by atoms with Crippen LogP contribution in [0.4, 0.5) is 0 Å². The van der Waals surface area contributed by atoms with Crippen LogP contribution in [0.5, 0.6) is 0 Å². The van der Waals surface area contributed by atoms with Gasteiger partial charge < -0.3 is 4.98 Å². The summed E-state index contributed by atoms with van der Waals surface area (Å²) in [7, 11) is 0. The Hall–Kier alpha value is -1.64. The molecule has 0 atom stereocenters. The van der Waals surface area contributed by atoms with Gasteiger partial charge >= 0.3 is 0 Å². The van der Waals surface area contributed by atoms with Crippen molar-refractivity contribution < 1.29 is 4.79 Å². The predicted octanol–water partition coefficient (Wildman–Crippen LogP) is 1.22. The van der Waals surface area contributed by atoms with Crippen LogP contribution in [0.25, 0.3) is 6.08 Å². The standard InChI is InChI=1S/C9H9NO2/c1-3-7-4-9(12)8(5-10-7)6(2)11/h3-5H,1H2,2H3,(H,10,12). The molecule has 1 aromatic rings. The first-order valence-corrected chi connectivity index (χ1v) is 3.51. The quantitative estimate of drug-likeness (QED) is 0.666. The Morgan fingerprint density at radius 1 is 1.67 bits per heavy atom. The summed E-state index contributed by atoms with van der Waals surface area (Å²) in [4.78, 5) is 24.7. The van der Waals surface area contributed by atoms with Crippen molar-refractivity contribution in [3.63, 3.8) is 0 Å². The summed E-state index contributed by atoms with van der Waals surface area (Å²) in [6.07, 6.45) is 2.92. The molecule has 0 fully saturated rings. The van der Waals surface area contributed by atoms with E-state index in [0.717, 1.165) is 0 Å². The van der Waals surface area contributed by atoms with Crippen LogP contribution in [-0.2, 0) is 0 Å². The molecule has 3 heteroatoms. The van der Waals surface area contributed by atoms with Gasteiger partial charge in [-0.2, -0.15) is 0 Å². The number of ketones is 1. The van der Waals surface area contributed by atoms with E-state index in [-0.39, 0.29) is 16.8 Å². The van der Waals surface area contributed by atoms with Crippen LogP contribution >= 0.6 is 0 Å². The fraction of sp³-hybridized carbons (Fsp3) is 0.111. The number of pyridine rings is 1. The van der Waals surface area contributed by atoms with E-state index >= 15 is 0 Å². The van der Waals surface area contributed by atoms with Crippen molar-refractivity contribution in [2.24, 2.45) is 0 Å². The van der Waals surface area contributed by atoms with E-state index in [1.54, 1.807) is 0 Å². The van der Waals surface area contributed by atoms with E-state index in [1.807, 2.05) is 0 Å².